The second kappa shape index (κ2) is 8.93. The first kappa shape index (κ1) is 20.5. The molecule has 4 rings (SSSR count). The highest BCUT2D eigenvalue weighted by atomic mass is 16.3. The number of aromatic nitrogens is 5. The highest BCUT2D eigenvalue weighted by molar-refractivity contribution is 5.86. The van der Waals surface area contributed by atoms with Crippen LogP contribution >= 0.6 is 0 Å². The monoisotopic (exact) mass is 426 g/mol. The van der Waals surface area contributed by atoms with E-state index in [4.69, 9.17) is 0 Å². The third-order valence-electron chi connectivity index (χ3n) is 4.86. The minimum atomic E-state index is -0.565. The Labute approximate surface area is 182 Å². The van der Waals surface area contributed by atoms with Crippen LogP contribution < -0.4 is 11.0 Å². The molecule has 2 aromatic carbocycles. The molecule has 0 spiro atoms. The average Bonchev–Trinajstić information content (AvgIpc) is 3.29. The van der Waals surface area contributed by atoms with Crippen molar-refractivity contribution in [2.24, 2.45) is 5.10 Å². The summed E-state index contributed by atoms with van der Waals surface area (Å²) in [6.07, 6.45) is 1.33. The molecule has 10 nitrogen and oxygen atoms in total. The molecule has 0 fully saturated rings. The van der Waals surface area contributed by atoms with Crippen molar-refractivity contribution in [2.75, 3.05) is 5.43 Å². The molecule has 0 saturated heterocycles. The molecule has 0 saturated carbocycles. The number of para-hydroxylation sites is 1. The van der Waals surface area contributed by atoms with Crippen LogP contribution in [0.5, 0.6) is 5.88 Å². The fourth-order valence-electron chi connectivity index (χ4n) is 3.19. The minimum Gasteiger partial charge on any atom is -0.494 e. The number of rotatable bonds is 6. The summed E-state index contributed by atoms with van der Waals surface area (Å²) < 4.78 is 2.61. The Kier molecular flexibility index (Phi) is 5.72. The summed E-state index contributed by atoms with van der Waals surface area (Å²) in [5.41, 5.74) is 4.21. The van der Waals surface area contributed by atoms with Gasteiger partial charge in [-0.25, -0.2) is 5.43 Å². The highest BCUT2D eigenvalue weighted by Crippen LogP contribution is 2.21. The van der Waals surface area contributed by atoms with E-state index >= 15 is 0 Å². The molecule has 0 bridgehead atoms. The molecule has 158 valence electrons. The zero-order chi connectivity index (χ0) is 22.5. The fraction of sp³-hybridized carbons (Fsp3) is 0.0909. The van der Waals surface area contributed by atoms with Crippen LogP contribution in [0.2, 0.25) is 0 Å². The zero-order valence-electron chi connectivity index (χ0n) is 17.0. The summed E-state index contributed by atoms with van der Waals surface area (Å²) in [5.74, 6) is -0.0359. The summed E-state index contributed by atoms with van der Waals surface area (Å²) in [4.78, 5) is 12.8. The number of anilines is 1. The van der Waals surface area contributed by atoms with Gasteiger partial charge in [0, 0.05) is 0 Å². The van der Waals surface area contributed by atoms with E-state index in [1.54, 1.807) is 6.92 Å². The molecule has 2 aromatic heterocycles. The van der Waals surface area contributed by atoms with Gasteiger partial charge in [0.15, 0.2) is 0 Å². The van der Waals surface area contributed by atoms with E-state index in [2.05, 4.69) is 26.1 Å². The van der Waals surface area contributed by atoms with Crippen LogP contribution in [0.4, 0.5) is 5.95 Å². The first-order chi connectivity index (χ1) is 15.6. The number of benzene rings is 2. The van der Waals surface area contributed by atoms with Gasteiger partial charge in [-0.15, -0.1) is 0 Å². The lowest BCUT2D eigenvalue weighted by Gasteiger charge is -2.14. The lowest BCUT2D eigenvalue weighted by atomic mass is 10.1. The van der Waals surface area contributed by atoms with Gasteiger partial charge in [0.2, 0.25) is 5.88 Å². The summed E-state index contributed by atoms with van der Waals surface area (Å²) >= 11 is 0. The zero-order valence-corrected chi connectivity index (χ0v) is 17.0. The Morgan fingerprint density at radius 3 is 2.53 bits per heavy atom. The van der Waals surface area contributed by atoms with Crippen molar-refractivity contribution >= 4 is 12.2 Å². The number of hydrazone groups is 1. The Morgan fingerprint density at radius 2 is 1.84 bits per heavy atom. The van der Waals surface area contributed by atoms with Crippen LogP contribution in [0.15, 0.2) is 70.6 Å². The number of pyridine rings is 1. The number of nitriles is 1. The van der Waals surface area contributed by atoms with Gasteiger partial charge in [-0.1, -0.05) is 53.6 Å². The number of hydrogen-bond donors (Lipinski definition) is 2. The molecule has 0 unspecified atom stereocenters. The van der Waals surface area contributed by atoms with Crippen molar-refractivity contribution in [3.8, 4) is 17.6 Å². The topological polar surface area (TPSA) is 134 Å². The van der Waals surface area contributed by atoms with E-state index in [9.17, 15) is 15.2 Å². The van der Waals surface area contributed by atoms with Crippen LogP contribution in [-0.4, -0.2) is 36.1 Å². The van der Waals surface area contributed by atoms with Crippen molar-refractivity contribution < 1.29 is 5.11 Å². The molecule has 2 heterocycles. The Bertz CT molecular complexity index is 1370. The summed E-state index contributed by atoms with van der Waals surface area (Å²) in [7, 11) is 0. The largest absolute Gasteiger partial charge is 0.494 e. The molecule has 4 aromatic rings. The summed E-state index contributed by atoms with van der Waals surface area (Å²) in [6.45, 7) is 1.70. The van der Waals surface area contributed by atoms with Gasteiger partial charge < -0.3 is 5.11 Å². The van der Waals surface area contributed by atoms with E-state index in [0.29, 0.717) is 5.56 Å². The highest BCUT2D eigenvalue weighted by Gasteiger charge is 2.18. The number of hydrogen-bond acceptors (Lipinski definition) is 8. The Morgan fingerprint density at radius 1 is 1.16 bits per heavy atom. The summed E-state index contributed by atoms with van der Waals surface area (Å²) in [6, 6.07) is 20.4. The molecular formula is C22H18N8O2. The molecule has 0 aliphatic carbocycles. The number of nitrogens with one attached hydrogen (secondary N) is 1. The van der Waals surface area contributed by atoms with Gasteiger partial charge >= 0.3 is 0 Å². The van der Waals surface area contributed by atoms with E-state index in [1.165, 1.54) is 10.9 Å². The van der Waals surface area contributed by atoms with E-state index in [0.717, 1.165) is 15.8 Å². The lowest BCUT2D eigenvalue weighted by molar-refractivity contribution is 0.413. The van der Waals surface area contributed by atoms with Crippen molar-refractivity contribution in [1.82, 2.24) is 24.8 Å². The maximum atomic E-state index is 12.8. The van der Waals surface area contributed by atoms with Crippen molar-refractivity contribution in [1.29, 1.82) is 5.26 Å². The van der Waals surface area contributed by atoms with Gasteiger partial charge in [0.1, 0.15) is 11.6 Å². The molecule has 0 atom stereocenters. The van der Waals surface area contributed by atoms with Crippen molar-refractivity contribution in [2.45, 2.75) is 13.5 Å². The quantitative estimate of drug-likeness (QED) is 0.356. The minimum absolute atomic E-state index is 0.0608. The van der Waals surface area contributed by atoms with Crippen LogP contribution in [0.3, 0.4) is 0 Å². The smallest absolute Gasteiger partial charge is 0.271 e. The van der Waals surface area contributed by atoms with Crippen LogP contribution in [0.1, 0.15) is 22.3 Å². The van der Waals surface area contributed by atoms with E-state index in [-0.39, 0.29) is 29.5 Å². The Balaban J connectivity index is 1.68. The van der Waals surface area contributed by atoms with E-state index < -0.39 is 5.56 Å². The van der Waals surface area contributed by atoms with Crippen LogP contribution in [0, 0.1) is 18.3 Å². The maximum absolute atomic E-state index is 12.8. The number of nitrogens with zero attached hydrogens (tertiary/aromatic N) is 7. The van der Waals surface area contributed by atoms with Gasteiger partial charge in [-0.2, -0.15) is 15.0 Å². The average molecular weight is 426 g/mol. The van der Waals surface area contributed by atoms with Gasteiger partial charge in [0.05, 0.1) is 24.0 Å². The second-order valence-corrected chi connectivity index (χ2v) is 6.85. The number of aromatic hydroxyl groups is 1. The van der Waals surface area contributed by atoms with Gasteiger partial charge in [-0.3, -0.25) is 9.36 Å². The summed E-state index contributed by atoms with van der Waals surface area (Å²) in [5, 5.41) is 35.9. The first-order valence-electron chi connectivity index (χ1n) is 9.63. The van der Waals surface area contributed by atoms with Gasteiger partial charge in [0.25, 0.3) is 11.5 Å². The SMILES string of the molecule is Cc1c(/C=N/Nc2nnnn2-c2ccccc2)c(O)n(Cc2ccccc2)c(=O)c1C#N. The molecule has 0 amide bonds. The van der Waals surface area contributed by atoms with Crippen molar-refractivity contribution in [3.63, 3.8) is 0 Å². The van der Waals surface area contributed by atoms with E-state index in [1.807, 2.05) is 66.7 Å². The predicted octanol–water partition coefficient (Wildman–Crippen LogP) is 2.20. The van der Waals surface area contributed by atoms with Crippen molar-refractivity contribution in [3.05, 3.63) is 93.3 Å². The number of tetrazole rings is 1. The standard InChI is InChI=1S/C22H18N8O2/c1-15-18(12-23)20(31)29(14-16-8-4-2-5-9-16)21(32)19(15)13-24-25-22-26-27-28-30(22)17-10-6-3-7-11-17/h2-11,13,32H,14H2,1H3,(H,25,26,28)/b24-13+. The third kappa shape index (κ3) is 3.95. The molecule has 32 heavy (non-hydrogen) atoms. The molecule has 0 aliphatic heterocycles. The van der Waals surface area contributed by atoms with Crippen LogP contribution in [0.25, 0.3) is 5.69 Å². The molecular weight excluding hydrogens is 408 g/mol. The maximum Gasteiger partial charge on any atom is 0.271 e. The third-order valence-corrected chi connectivity index (χ3v) is 4.86. The lowest BCUT2D eigenvalue weighted by Crippen LogP contribution is -2.26. The Hall–Kier alpha value is -4.78. The molecule has 2 N–H and O–H groups in total. The van der Waals surface area contributed by atoms with Gasteiger partial charge in [-0.05, 0) is 40.6 Å². The normalized spacial score (nSPS) is 10.9. The molecule has 0 radical (unpaired) electrons. The molecule has 0 aliphatic rings. The molecule has 10 heteroatoms. The second-order valence-electron chi connectivity index (χ2n) is 6.85. The predicted molar refractivity (Wildman–Crippen MR) is 118 cm³/mol. The first-order valence-corrected chi connectivity index (χ1v) is 9.63. The van der Waals surface area contributed by atoms with Crippen LogP contribution in [-0.2, 0) is 6.54 Å². The fourth-order valence-corrected chi connectivity index (χ4v) is 3.19.